The standard InChI is InChI=1S/C29H30N2O2/c1-5-32-28-13-9-7-11-24(28)26-19-22(21-15-17-23(18-16-21)31(3)4)20-27(30-26)25-12-8-10-14-29(25)33-6-2/h7-20H,5-6H2,1-4H3. The molecule has 0 fully saturated rings. The minimum Gasteiger partial charge on any atom is -0.493 e. The second-order valence-electron chi connectivity index (χ2n) is 7.93. The van der Waals surface area contributed by atoms with Crippen LogP contribution >= 0.6 is 0 Å². The monoisotopic (exact) mass is 438 g/mol. The molecule has 4 nitrogen and oxygen atoms in total. The summed E-state index contributed by atoms with van der Waals surface area (Å²) in [5.41, 5.74) is 7.08. The van der Waals surface area contributed by atoms with Crippen LogP contribution in [-0.2, 0) is 0 Å². The van der Waals surface area contributed by atoms with Gasteiger partial charge >= 0.3 is 0 Å². The van der Waals surface area contributed by atoms with Gasteiger partial charge in [0, 0.05) is 30.9 Å². The fourth-order valence-corrected chi connectivity index (χ4v) is 3.84. The number of pyridine rings is 1. The van der Waals surface area contributed by atoms with Crippen LogP contribution in [-0.4, -0.2) is 32.3 Å². The maximum Gasteiger partial charge on any atom is 0.128 e. The summed E-state index contributed by atoms with van der Waals surface area (Å²) in [5.74, 6) is 1.66. The van der Waals surface area contributed by atoms with Gasteiger partial charge in [0.1, 0.15) is 11.5 Å². The Bertz CT molecular complexity index is 1150. The van der Waals surface area contributed by atoms with Crippen molar-refractivity contribution in [1.29, 1.82) is 0 Å². The van der Waals surface area contributed by atoms with Crippen LogP contribution in [0.2, 0.25) is 0 Å². The lowest BCUT2D eigenvalue weighted by Crippen LogP contribution is -2.07. The summed E-state index contributed by atoms with van der Waals surface area (Å²) in [4.78, 5) is 7.16. The van der Waals surface area contributed by atoms with Gasteiger partial charge in [0.05, 0.1) is 24.6 Å². The Morgan fingerprint density at radius 1 is 0.636 bits per heavy atom. The van der Waals surface area contributed by atoms with Gasteiger partial charge < -0.3 is 14.4 Å². The highest BCUT2D eigenvalue weighted by Crippen LogP contribution is 2.37. The molecule has 33 heavy (non-hydrogen) atoms. The molecule has 0 saturated heterocycles. The summed E-state index contributed by atoms with van der Waals surface area (Å²) >= 11 is 0. The molecular formula is C29H30N2O2. The molecule has 0 aliphatic carbocycles. The van der Waals surface area contributed by atoms with Crippen molar-refractivity contribution in [2.75, 3.05) is 32.2 Å². The summed E-state index contributed by atoms with van der Waals surface area (Å²) in [6.45, 7) is 5.19. The largest absolute Gasteiger partial charge is 0.493 e. The van der Waals surface area contributed by atoms with Crippen molar-refractivity contribution in [3.63, 3.8) is 0 Å². The van der Waals surface area contributed by atoms with Gasteiger partial charge in [-0.05, 0) is 73.5 Å². The van der Waals surface area contributed by atoms with E-state index in [0.29, 0.717) is 13.2 Å². The zero-order valence-electron chi connectivity index (χ0n) is 19.7. The zero-order valence-corrected chi connectivity index (χ0v) is 19.7. The van der Waals surface area contributed by atoms with E-state index in [1.165, 1.54) is 0 Å². The first-order valence-corrected chi connectivity index (χ1v) is 11.3. The number of nitrogens with zero attached hydrogens (tertiary/aromatic N) is 2. The molecule has 3 aromatic carbocycles. The molecule has 0 unspecified atom stereocenters. The molecular weight excluding hydrogens is 408 g/mol. The Hall–Kier alpha value is -3.79. The summed E-state index contributed by atoms with van der Waals surface area (Å²) in [7, 11) is 4.10. The fourth-order valence-electron chi connectivity index (χ4n) is 3.84. The molecule has 0 amide bonds. The topological polar surface area (TPSA) is 34.6 Å². The molecule has 0 radical (unpaired) electrons. The highest BCUT2D eigenvalue weighted by Gasteiger charge is 2.14. The van der Waals surface area contributed by atoms with Gasteiger partial charge in [-0.2, -0.15) is 0 Å². The van der Waals surface area contributed by atoms with Crippen LogP contribution < -0.4 is 14.4 Å². The maximum absolute atomic E-state index is 5.92. The quantitative estimate of drug-likeness (QED) is 0.298. The number of benzene rings is 3. The third kappa shape index (κ3) is 5.01. The molecule has 0 atom stereocenters. The molecule has 4 rings (SSSR count). The van der Waals surface area contributed by atoms with Crippen molar-refractivity contribution in [2.45, 2.75) is 13.8 Å². The highest BCUT2D eigenvalue weighted by molar-refractivity contribution is 5.80. The van der Waals surface area contributed by atoms with Crippen molar-refractivity contribution in [3.05, 3.63) is 84.9 Å². The fraction of sp³-hybridized carbons (Fsp3) is 0.207. The van der Waals surface area contributed by atoms with E-state index in [1.54, 1.807) is 0 Å². The lowest BCUT2D eigenvalue weighted by molar-refractivity contribution is 0.341. The number of para-hydroxylation sites is 2. The molecule has 0 aliphatic rings. The van der Waals surface area contributed by atoms with Crippen molar-refractivity contribution < 1.29 is 9.47 Å². The molecule has 0 bridgehead atoms. The van der Waals surface area contributed by atoms with Crippen LogP contribution in [0.5, 0.6) is 11.5 Å². The predicted octanol–water partition coefficient (Wildman–Crippen LogP) is 6.95. The van der Waals surface area contributed by atoms with Crippen LogP contribution in [0.3, 0.4) is 0 Å². The van der Waals surface area contributed by atoms with E-state index in [1.807, 2.05) is 64.3 Å². The molecule has 4 heteroatoms. The van der Waals surface area contributed by atoms with E-state index in [-0.39, 0.29) is 0 Å². The number of rotatable bonds is 8. The third-order valence-corrected chi connectivity index (χ3v) is 5.47. The first-order valence-electron chi connectivity index (χ1n) is 11.3. The average molecular weight is 439 g/mol. The van der Waals surface area contributed by atoms with E-state index < -0.39 is 0 Å². The normalized spacial score (nSPS) is 10.7. The number of ether oxygens (including phenoxy) is 2. The second-order valence-corrected chi connectivity index (χ2v) is 7.93. The smallest absolute Gasteiger partial charge is 0.128 e. The SMILES string of the molecule is CCOc1ccccc1-c1cc(-c2ccc(N(C)C)cc2)cc(-c2ccccc2OCC)n1. The van der Waals surface area contributed by atoms with Crippen molar-refractivity contribution >= 4 is 5.69 Å². The molecule has 0 saturated carbocycles. The van der Waals surface area contributed by atoms with Crippen molar-refractivity contribution in [1.82, 2.24) is 4.98 Å². The third-order valence-electron chi connectivity index (χ3n) is 5.47. The van der Waals surface area contributed by atoms with Gasteiger partial charge in [-0.15, -0.1) is 0 Å². The van der Waals surface area contributed by atoms with Crippen LogP contribution in [0, 0.1) is 0 Å². The predicted molar refractivity (Wildman–Crippen MR) is 137 cm³/mol. The van der Waals surface area contributed by atoms with Crippen LogP contribution in [0.1, 0.15) is 13.8 Å². The molecule has 0 aliphatic heterocycles. The van der Waals surface area contributed by atoms with E-state index in [9.17, 15) is 0 Å². The molecule has 1 aromatic heterocycles. The molecule has 1 heterocycles. The Morgan fingerprint density at radius 3 is 1.58 bits per heavy atom. The Morgan fingerprint density at radius 2 is 1.12 bits per heavy atom. The summed E-state index contributed by atoms with van der Waals surface area (Å²) in [6, 6.07) is 29.0. The Labute approximate surface area is 196 Å². The van der Waals surface area contributed by atoms with Gasteiger partial charge in [-0.25, -0.2) is 4.98 Å². The van der Waals surface area contributed by atoms with E-state index in [4.69, 9.17) is 14.5 Å². The number of aromatic nitrogens is 1. The molecule has 4 aromatic rings. The van der Waals surface area contributed by atoms with Crippen LogP contribution in [0.25, 0.3) is 33.6 Å². The first-order chi connectivity index (χ1) is 16.1. The minimum absolute atomic E-state index is 0.600. The van der Waals surface area contributed by atoms with Gasteiger partial charge in [-0.1, -0.05) is 36.4 Å². The maximum atomic E-state index is 5.92. The molecule has 0 spiro atoms. The average Bonchev–Trinajstić information content (AvgIpc) is 2.85. The van der Waals surface area contributed by atoms with E-state index in [0.717, 1.165) is 50.8 Å². The van der Waals surface area contributed by atoms with Gasteiger partial charge in [-0.3, -0.25) is 0 Å². The first kappa shape index (κ1) is 22.4. The van der Waals surface area contributed by atoms with Gasteiger partial charge in [0.25, 0.3) is 0 Å². The summed E-state index contributed by atoms with van der Waals surface area (Å²) in [5, 5.41) is 0. The summed E-state index contributed by atoms with van der Waals surface area (Å²) < 4.78 is 11.8. The van der Waals surface area contributed by atoms with Gasteiger partial charge in [0.2, 0.25) is 0 Å². The zero-order chi connectivity index (χ0) is 23.2. The lowest BCUT2D eigenvalue weighted by atomic mass is 9.99. The van der Waals surface area contributed by atoms with Crippen LogP contribution in [0.15, 0.2) is 84.9 Å². The Kier molecular flexibility index (Phi) is 6.94. The molecule has 0 N–H and O–H groups in total. The Balaban J connectivity index is 1.91. The minimum atomic E-state index is 0.600. The van der Waals surface area contributed by atoms with E-state index in [2.05, 4.69) is 53.4 Å². The lowest BCUT2D eigenvalue weighted by Gasteiger charge is -2.16. The van der Waals surface area contributed by atoms with Crippen molar-refractivity contribution in [3.8, 4) is 45.1 Å². The number of hydrogen-bond donors (Lipinski definition) is 0. The van der Waals surface area contributed by atoms with Crippen molar-refractivity contribution in [2.24, 2.45) is 0 Å². The van der Waals surface area contributed by atoms with E-state index >= 15 is 0 Å². The number of anilines is 1. The number of hydrogen-bond acceptors (Lipinski definition) is 4. The highest BCUT2D eigenvalue weighted by atomic mass is 16.5. The second kappa shape index (κ2) is 10.2. The summed E-state index contributed by atoms with van der Waals surface area (Å²) in [6.07, 6.45) is 0. The van der Waals surface area contributed by atoms with Crippen LogP contribution in [0.4, 0.5) is 5.69 Å². The van der Waals surface area contributed by atoms with Gasteiger partial charge in [0.15, 0.2) is 0 Å². The molecule has 168 valence electrons.